The van der Waals surface area contributed by atoms with E-state index in [2.05, 4.69) is 208 Å². The summed E-state index contributed by atoms with van der Waals surface area (Å²) in [6, 6.07) is 86.6. The Balaban J connectivity index is 1.08. The summed E-state index contributed by atoms with van der Waals surface area (Å²) in [6.07, 6.45) is 0. The highest BCUT2D eigenvalue weighted by atomic mass is 15.3. The lowest BCUT2D eigenvalue weighted by Crippen LogP contribution is -2.25. The van der Waals surface area contributed by atoms with Gasteiger partial charge in [0.2, 0.25) is 0 Å². The molecule has 0 unspecified atom stereocenters. The van der Waals surface area contributed by atoms with Crippen molar-refractivity contribution in [2.75, 3.05) is 16.8 Å². The Kier molecular flexibility index (Phi) is 9.29. The van der Waals surface area contributed by atoms with Gasteiger partial charge in [0.1, 0.15) is 0 Å². The molecule has 4 heterocycles. The Morgan fingerprint density at radius 3 is 0.972 bits per heavy atom. The van der Waals surface area contributed by atoms with E-state index in [-0.39, 0.29) is 0 Å². The van der Waals surface area contributed by atoms with Gasteiger partial charge in [-0.25, -0.2) is 15.0 Å². The van der Waals surface area contributed by atoms with Crippen LogP contribution in [0, 0.1) is 0 Å². The molecule has 7 heteroatoms. The van der Waals surface area contributed by atoms with Crippen LogP contribution in [0.5, 0.6) is 0 Å². The Hall–Kier alpha value is -9.59. The standard InChI is InChI=1S/C64H43N7/c1-68-55-32-16-18-34-57(55)71(58-35-19-17-33-56(58)68)61-59(69-51-28-12-8-24-47(51)48-25-9-13-29-52(48)69)40-46(41-60(61)70-53-30-14-10-26-49(53)50-27-11-15-31-54(50)70)42-36-38-45(39-37-42)64-66-62(43-20-4-2-5-21-43)65-63(67-64)44-22-6-3-7-23-44/h2-41H,1H3. The fourth-order valence-electron chi connectivity index (χ4n) is 10.8. The maximum absolute atomic E-state index is 5.08. The highest BCUT2D eigenvalue weighted by molar-refractivity contribution is 6.13. The minimum absolute atomic E-state index is 0.615. The van der Waals surface area contributed by atoms with Crippen LogP contribution in [0.1, 0.15) is 0 Å². The van der Waals surface area contributed by atoms with Crippen molar-refractivity contribution < 1.29 is 0 Å². The lowest BCUT2D eigenvalue weighted by Gasteiger charge is -2.40. The van der Waals surface area contributed by atoms with Gasteiger partial charge in [0.05, 0.1) is 61.9 Å². The molecule has 0 saturated carbocycles. The van der Waals surface area contributed by atoms with Crippen molar-refractivity contribution in [1.29, 1.82) is 0 Å². The van der Waals surface area contributed by atoms with Gasteiger partial charge in [-0.05, 0) is 71.8 Å². The summed E-state index contributed by atoms with van der Waals surface area (Å²) in [6.45, 7) is 0. The quantitative estimate of drug-likeness (QED) is 0.159. The molecule has 0 saturated heterocycles. The monoisotopic (exact) mass is 909 g/mol. The van der Waals surface area contributed by atoms with E-state index in [9.17, 15) is 0 Å². The summed E-state index contributed by atoms with van der Waals surface area (Å²) >= 11 is 0. The van der Waals surface area contributed by atoms with Crippen molar-refractivity contribution in [3.63, 3.8) is 0 Å². The van der Waals surface area contributed by atoms with Crippen LogP contribution >= 0.6 is 0 Å². The maximum atomic E-state index is 5.08. The van der Waals surface area contributed by atoms with Crippen molar-refractivity contribution in [2.24, 2.45) is 0 Å². The number of nitrogens with zero attached hydrogens (tertiary/aromatic N) is 7. The van der Waals surface area contributed by atoms with Crippen LogP contribution in [0.3, 0.4) is 0 Å². The Bertz CT molecular complexity index is 3850. The SMILES string of the molecule is CN1c2ccccc2N(c2c(-n3c4ccccc4c4ccccc43)cc(-c3ccc(-c4nc(-c5ccccc5)nc(-c5ccccc5)n4)cc3)cc2-n2c3ccccc3c3ccccc32)c2ccccc21. The fraction of sp³-hybridized carbons (Fsp3) is 0.0156. The number of hydrogen-bond acceptors (Lipinski definition) is 5. The lowest BCUT2D eigenvalue weighted by molar-refractivity contribution is 1.07. The number of aromatic nitrogens is 5. The fourth-order valence-corrected chi connectivity index (χ4v) is 10.8. The van der Waals surface area contributed by atoms with E-state index >= 15 is 0 Å². The van der Waals surface area contributed by atoms with Crippen molar-refractivity contribution in [3.05, 3.63) is 243 Å². The number of rotatable bonds is 7. The summed E-state index contributed by atoms with van der Waals surface area (Å²) in [5.74, 6) is 1.88. The van der Waals surface area contributed by atoms with Crippen molar-refractivity contribution in [1.82, 2.24) is 24.1 Å². The second-order valence-electron chi connectivity index (χ2n) is 18.1. The van der Waals surface area contributed by atoms with Gasteiger partial charge in [-0.15, -0.1) is 0 Å². The minimum atomic E-state index is 0.615. The Morgan fingerprint density at radius 2 is 0.577 bits per heavy atom. The highest BCUT2D eigenvalue weighted by Crippen LogP contribution is 2.55. The summed E-state index contributed by atoms with van der Waals surface area (Å²) < 4.78 is 4.97. The molecule has 0 atom stereocenters. The molecule has 0 aliphatic carbocycles. The first-order chi connectivity index (χ1) is 35.2. The first-order valence-corrected chi connectivity index (χ1v) is 24.0. The number of anilines is 5. The Morgan fingerprint density at radius 1 is 0.268 bits per heavy atom. The highest BCUT2D eigenvalue weighted by Gasteiger charge is 2.33. The molecule has 14 rings (SSSR count). The molecule has 10 aromatic carbocycles. The maximum Gasteiger partial charge on any atom is 0.164 e. The van der Waals surface area contributed by atoms with Crippen molar-refractivity contribution in [2.45, 2.75) is 0 Å². The van der Waals surface area contributed by atoms with Gasteiger partial charge in [0, 0.05) is 45.3 Å². The topological polar surface area (TPSA) is 55.0 Å². The predicted molar refractivity (Wildman–Crippen MR) is 293 cm³/mol. The zero-order valence-electron chi connectivity index (χ0n) is 38.7. The molecule has 3 aromatic heterocycles. The van der Waals surface area contributed by atoms with Crippen LogP contribution in [-0.4, -0.2) is 31.1 Å². The van der Waals surface area contributed by atoms with E-state index in [1.54, 1.807) is 0 Å². The van der Waals surface area contributed by atoms with Gasteiger partial charge in [-0.2, -0.15) is 0 Å². The number of hydrogen-bond donors (Lipinski definition) is 0. The molecule has 0 fully saturated rings. The van der Waals surface area contributed by atoms with Crippen LogP contribution in [-0.2, 0) is 0 Å². The van der Waals surface area contributed by atoms with Gasteiger partial charge >= 0.3 is 0 Å². The average Bonchev–Trinajstić information content (AvgIpc) is 3.96. The van der Waals surface area contributed by atoms with Crippen LogP contribution in [0.25, 0.3) is 100 Å². The van der Waals surface area contributed by atoms with E-state index in [4.69, 9.17) is 15.0 Å². The van der Waals surface area contributed by atoms with Gasteiger partial charge in [0.25, 0.3) is 0 Å². The first-order valence-electron chi connectivity index (χ1n) is 24.0. The lowest BCUT2D eigenvalue weighted by atomic mass is 9.98. The zero-order chi connectivity index (χ0) is 47.0. The largest absolute Gasteiger partial charge is 0.341 e. The minimum Gasteiger partial charge on any atom is -0.341 e. The second kappa shape index (κ2) is 16.3. The molecule has 0 radical (unpaired) electrons. The van der Waals surface area contributed by atoms with Gasteiger partial charge in [-0.3, -0.25) is 0 Å². The van der Waals surface area contributed by atoms with Gasteiger partial charge in [-0.1, -0.05) is 182 Å². The third-order valence-corrected chi connectivity index (χ3v) is 14.1. The summed E-state index contributed by atoms with van der Waals surface area (Å²) in [7, 11) is 2.17. The normalized spacial score (nSPS) is 12.2. The smallest absolute Gasteiger partial charge is 0.164 e. The summed E-state index contributed by atoms with van der Waals surface area (Å²) in [5.41, 5.74) is 17.0. The summed E-state index contributed by atoms with van der Waals surface area (Å²) in [5, 5.41) is 4.79. The molecule has 7 nitrogen and oxygen atoms in total. The summed E-state index contributed by atoms with van der Waals surface area (Å²) in [4.78, 5) is 19.9. The molecule has 0 bridgehead atoms. The van der Waals surface area contributed by atoms with Crippen molar-refractivity contribution in [3.8, 4) is 56.7 Å². The number of fused-ring (bicyclic) bond motifs is 8. The third kappa shape index (κ3) is 6.48. The van der Waals surface area contributed by atoms with E-state index in [1.807, 2.05) is 60.7 Å². The van der Waals surface area contributed by atoms with Crippen LogP contribution in [0.2, 0.25) is 0 Å². The van der Waals surface area contributed by atoms with Crippen LogP contribution < -0.4 is 9.80 Å². The van der Waals surface area contributed by atoms with Gasteiger partial charge < -0.3 is 18.9 Å². The molecule has 334 valence electrons. The number of benzene rings is 10. The van der Waals surface area contributed by atoms with E-state index in [1.165, 1.54) is 21.5 Å². The molecule has 1 aliphatic heterocycles. The van der Waals surface area contributed by atoms with E-state index in [0.29, 0.717) is 17.5 Å². The second-order valence-corrected chi connectivity index (χ2v) is 18.1. The molecular formula is C64H43N7. The van der Waals surface area contributed by atoms with Crippen molar-refractivity contribution >= 4 is 72.0 Å². The molecular weight excluding hydrogens is 867 g/mol. The zero-order valence-corrected chi connectivity index (χ0v) is 38.7. The van der Waals surface area contributed by atoms with E-state index < -0.39 is 0 Å². The molecule has 13 aromatic rings. The first kappa shape index (κ1) is 40.5. The third-order valence-electron chi connectivity index (χ3n) is 14.1. The molecule has 0 spiro atoms. The van der Waals surface area contributed by atoms with Gasteiger partial charge in [0.15, 0.2) is 17.5 Å². The molecule has 1 aliphatic rings. The Labute approximate surface area is 410 Å². The van der Waals surface area contributed by atoms with Crippen LogP contribution in [0.4, 0.5) is 28.4 Å². The van der Waals surface area contributed by atoms with E-state index in [0.717, 1.165) is 89.7 Å². The molecule has 0 amide bonds. The molecule has 0 N–H and O–H groups in total. The number of para-hydroxylation sites is 8. The predicted octanol–water partition coefficient (Wildman–Crippen LogP) is 16.3. The average molecular weight is 910 g/mol. The van der Waals surface area contributed by atoms with Crippen LogP contribution in [0.15, 0.2) is 243 Å². The molecule has 71 heavy (non-hydrogen) atoms.